The molecule has 0 unspecified atom stereocenters. The maximum atomic E-state index is 12.8. The monoisotopic (exact) mass is 333 g/mol. The SMILES string of the molecule is O=C(O)C[C@H](NC(=O)c1ccc(F)cc1Br)C(=O)O. The summed E-state index contributed by atoms with van der Waals surface area (Å²) in [5.74, 6) is -4.19. The van der Waals surface area contributed by atoms with Crippen molar-refractivity contribution in [3.8, 4) is 0 Å². The number of carbonyl (C=O) groups is 3. The fraction of sp³-hybridized carbons (Fsp3) is 0.182. The molecule has 3 N–H and O–H groups in total. The smallest absolute Gasteiger partial charge is 0.326 e. The first-order chi connectivity index (χ1) is 8.81. The Kier molecular flexibility index (Phi) is 4.99. The van der Waals surface area contributed by atoms with E-state index in [4.69, 9.17) is 10.2 Å². The van der Waals surface area contributed by atoms with Crippen LogP contribution in [0.3, 0.4) is 0 Å². The number of aliphatic carboxylic acids is 2. The fourth-order valence-electron chi connectivity index (χ4n) is 1.28. The van der Waals surface area contributed by atoms with E-state index in [0.29, 0.717) is 0 Å². The molecule has 0 bridgehead atoms. The molecule has 0 saturated heterocycles. The second-order valence-corrected chi connectivity index (χ2v) is 4.44. The highest BCUT2D eigenvalue weighted by atomic mass is 79.9. The summed E-state index contributed by atoms with van der Waals surface area (Å²) in [6, 6.07) is 1.69. The van der Waals surface area contributed by atoms with Crippen molar-refractivity contribution in [1.29, 1.82) is 0 Å². The molecule has 102 valence electrons. The van der Waals surface area contributed by atoms with Crippen LogP contribution in [0.25, 0.3) is 0 Å². The van der Waals surface area contributed by atoms with Crippen molar-refractivity contribution in [2.75, 3.05) is 0 Å². The Labute approximate surface area is 115 Å². The summed E-state index contributed by atoms with van der Waals surface area (Å²) >= 11 is 2.96. The van der Waals surface area contributed by atoms with Crippen molar-refractivity contribution in [3.63, 3.8) is 0 Å². The van der Waals surface area contributed by atoms with Gasteiger partial charge >= 0.3 is 11.9 Å². The summed E-state index contributed by atoms with van der Waals surface area (Å²) in [5.41, 5.74) is 0.0121. The van der Waals surface area contributed by atoms with Crippen LogP contribution >= 0.6 is 15.9 Å². The molecule has 0 radical (unpaired) electrons. The average molecular weight is 334 g/mol. The first-order valence-electron chi connectivity index (χ1n) is 5.01. The van der Waals surface area contributed by atoms with E-state index in [-0.39, 0.29) is 10.0 Å². The summed E-state index contributed by atoms with van der Waals surface area (Å²) < 4.78 is 13.0. The van der Waals surface area contributed by atoms with Crippen molar-refractivity contribution in [1.82, 2.24) is 5.32 Å². The lowest BCUT2D eigenvalue weighted by Crippen LogP contribution is -2.42. The van der Waals surface area contributed by atoms with Crippen LogP contribution in [0.15, 0.2) is 22.7 Å². The number of carbonyl (C=O) groups excluding carboxylic acids is 1. The van der Waals surface area contributed by atoms with Crippen LogP contribution < -0.4 is 5.32 Å². The topological polar surface area (TPSA) is 104 Å². The summed E-state index contributed by atoms with van der Waals surface area (Å²) in [7, 11) is 0. The number of benzene rings is 1. The Morgan fingerprint density at radius 3 is 2.42 bits per heavy atom. The molecule has 0 saturated carbocycles. The number of hydrogen-bond acceptors (Lipinski definition) is 3. The van der Waals surface area contributed by atoms with Gasteiger partial charge in [-0.2, -0.15) is 0 Å². The zero-order valence-corrected chi connectivity index (χ0v) is 11.0. The van der Waals surface area contributed by atoms with Gasteiger partial charge in [-0.3, -0.25) is 9.59 Å². The number of carboxylic acids is 2. The molecule has 0 fully saturated rings. The van der Waals surface area contributed by atoms with Gasteiger partial charge in [-0.05, 0) is 34.1 Å². The number of amides is 1. The van der Waals surface area contributed by atoms with Gasteiger partial charge in [0.25, 0.3) is 5.91 Å². The second kappa shape index (κ2) is 6.28. The molecule has 6 nitrogen and oxygen atoms in total. The first-order valence-corrected chi connectivity index (χ1v) is 5.81. The fourth-order valence-corrected chi connectivity index (χ4v) is 1.82. The second-order valence-electron chi connectivity index (χ2n) is 3.59. The maximum absolute atomic E-state index is 12.8. The van der Waals surface area contributed by atoms with Gasteiger partial charge in [-0.1, -0.05) is 0 Å². The standard InChI is InChI=1S/C11H9BrFNO5/c12-7-3-5(13)1-2-6(7)10(17)14-8(11(18)19)4-9(15)16/h1-3,8H,4H2,(H,14,17)(H,15,16)(H,18,19)/t8-/m0/s1. The summed E-state index contributed by atoms with van der Waals surface area (Å²) in [6.45, 7) is 0. The van der Waals surface area contributed by atoms with Crippen LogP contribution in [0, 0.1) is 5.82 Å². The lowest BCUT2D eigenvalue weighted by atomic mass is 10.1. The Hall–Kier alpha value is -1.96. The van der Waals surface area contributed by atoms with Gasteiger partial charge in [-0.15, -0.1) is 0 Å². The molecule has 1 rings (SSSR count). The van der Waals surface area contributed by atoms with Crippen LogP contribution in [0.4, 0.5) is 4.39 Å². The minimum absolute atomic E-state index is 0.0121. The lowest BCUT2D eigenvalue weighted by molar-refractivity contribution is -0.145. The van der Waals surface area contributed by atoms with Gasteiger partial charge in [0.2, 0.25) is 0 Å². The molecule has 0 aliphatic rings. The third-order valence-electron chi connectivity index (χ3n) is 2.16. The number of nitrogens with one attached hydrogen (secondary N) is 1. The van der Waals surface area contributed by atoms with Crippen molar-refractivity contribution in [2.45, 2.75) is 12.5 Å². The summed E-state index contributed by atoms with van der Waals surface area (Å²) in [6.07, 6.45) is -0.750. The number of hydrogen-bond donors (Lipinski definition) is 3. The molecule has 0 spiro atoms. The van der Waals surface area contributed by atoms with Crippen molar-refractivity contribution in [3.05, 3.63) is 34.1 Å². The van der Waals surface area contributed by atoms with Crippen LogP contribution in [-0.2, 0) is 9.59 Å². The molecule has 8 heteroatoms. The zero-order chi connectivity index (χ0) is 14.6. The predicted molar refractivity (Wildman–Crippen MR) is 65.2 cm³/mol. The molecule has 1 amide bonds. The van der Waals surface area contributed by atoms with Crippen LogP contribution in [-0.4, -0.2) is 34.1 Å². The maximum Gasteiger partial charge on any atom is 0.326 e. The molecule has 0 aliphatic carbocycles. The lowest BCUT2D eigenvalue weighted by Gasteiger charge is -2.13. The van der Waals surface area contributed by atoms with Crippen LogP contribution in [0.5, 0.6) is 0 Å². The summed E-state index contributed by atoms with van der Waals surface area (Å²) in [5, 5.41) is 19.4. The Morgan fingerprint density at radius 2 is 1.95 bits per heavy atom. The van der Waals surface area contributed by atoms with E-state index >= 15 is 0 Å². The highest BCUT2D eigenvalue weighted by Crippen LogP contribution is 2.18. The van der Waals surface area contributed by atoms with Gasteiger partial charge in [-0.25, -0.2) is 9.18 Å². The average Bonchev–Trinajstić information content (AvgIpc) is 2.26. The molecular formula is C11H9BrFNO5. The first kappa shape index (κ1) is 15.1. The third kappa shape index (κ3) is 4.32. The van der Waals surface area contributed by atoms with E-state index in [1.165, 1.54) is 0 Å². The molecular weight excluding hydrogens is 325 g/mol. The van der Waals surface area contributed by atoms with Crippen LogP contribution in [0.2, 0.25) is 0 Å². The van der Waals surface area contributed by atoms with E-state index in [0.717, 1.165) is 18.2 Å². The quantitative estimate of drug-likeness (QED) is 0.752. The van der Waals surface area contributed by atoms with Gasteiger partial charge in [0.05, 0.1) is 12.0 Å². The van der Waals surface area contributed by atoms with E-state index in [9.17, 15) is 18.8 Å². The molecule has 0 heterocycles. The highest BCUT2D eigenvalue weighted by Gasteiger charge is 2.24. The molecule has 19 heavy (non-hydrogen) atoms. The van der Waals surface area contributed by atoms with Crippen molar-refractivity contribution in [2.24, 2.45) is 0 Å². The number of rotatable bonds is 5. The predicted octanol–water partition coefficient (Wildman–Crippen LogP) is 1.25. The normalized spacial score (nSPS) is 11.7. The molecule has 1 atom stereocenters. The minimum atomic E-state index is -1.55. The number of carboxylic acid groups (broad SMARTS) is 2. The minimum Gasteiger partial charge on any atom is -0.481 e. The van der Waals surface area contributed by atoms with Crippen LogP contribution in [0.1, 0.15) is 16.8 Å². The van der Waals surface area contributed by atoms with Gasteiger partial charge in [0.1, 0.15) is 11.9 Å². The largest absolute Gasteiger partial charge is 0.481 e. The molecule has 0 aromatic heterocycles. The highest BCUT2D eigenvalue weighted by molar-refractivity contribution is 9.10. The molecule has 1 aromatic rings. The van der Waals surface area contributed by atoms with Gasteiger partial charge < -0.3 is 15.5 Å². The van der Waals surface area contributed by atoms with E-state index in [1.54, 1.807) is 0 Å². The van der Waals surface area contributed by atoms with E-state index in [1.807, 2.05) is 0 Å². The van der Waals surface area contributed by atoms with Gasteiger partial charge in [0, 0.05) is 4.47 Å². The zero-order valence-electron chi connectivity index (χ0n) is 9.39. The van der Waals surface area contributed by atoms with Crippen molar-refractivity contribution < 1.29 is 29.0 Å². The third-order valence-corrected chi connectivity index (χ3v) is 2.81. The van der Waals surface area contributed by atoms with Crippen molar-refractivity contribution >= 4 is 33.8 Å². The molecule has 0 aliphatic heterocycles. The number of halogens is 2. The Balaban J connectivity index is 2.87. The molecule has 1 aromatic carbocycles. The Bertz CT molecular complexity index is 534. The Morgan fingerprint density at radius 1 is 1.32 bits per heavy atom. The summed E-state index contributed by atoms with van der Waals surface area (Å²) in [4.78, 5) is 33.0. The van der Waals surface area contributed by atoms with E-state index in [2.05, 4.69) is 21.2 Å². The van der Waals surface area contributed by atoms with E-state index < -0.39 is 36.1 Å². The van der Waals surface area contributed by atoms with Gasteiger partial charge in [0.15, 0.2) is 0 Å².